The molecular formula is C5H12O3. The standard InChI is InChI=1S/C4H8O3.CH4/c1-3-7-4(5)6-2;/h3H2,1-2H3;1H4. The molecule has 0 spiro atoms. The summed E-state index contributed by atoms with van der Waals surface area (Å²) in [5.74, 6) is 0. The number of hydrogen-bond donors (Lipinski definition) is 0. The Hall–Kier alpha value is -0.730. The van der Waals surface area contributed by atoms with Crippen LogP contribution in [-0.4, -0.2) is 19.9 Å². The van der Waals surface area contributed by atoms with Crippen LogP contribution in [-0.2, 0) is 9.47 Å². The van der Waals surface area contributed by atoms with Crippen LogP contribution in [0.1, 0.15) is 14.4 Å². The minimum Gasteiger partial charge on any atom is -0.438 e. The molecule has 0 rings (SSSR count). The van der Waals surface area contributed by atoms with Gasteiger partial charge >= 0.3 is 6.16 Å². The van der Waals surface area contributed by atoms with E-state index in [1.165, 1.54) is 7.11 Å². The summed E-state index contributed by atoms with van der Waals surface area (Å²) in [5, 5.41) is 0. The quantitative estimate of drug-likeness (QED) is 0.491. The molecule has 0 aliphatic rings. The number of carbonyl (C=O) groups excluding carboxylic acids is 1. The van der Waals surface area contributed by atoms with Crippen molar-refractivity contribution >= 4 is 6.16 Å². The Morgan fingerprint density at radius 3 is 2.25 bits per heavy atom. The molecule has 0 heterocycles. The van der Waals surface area contributed by atoms with Gasteiger partial charge in [-0.05, 0) is 6.92 Å². The van der Waals surface area contributed by atoms with Crippen LogP contribution >= 0.6 is 0 Å². The summed E-state index contributed by atoms with van der Waals surface area (Å²) in [4.78, 5) is 9.97. The van der Waals surface area contributed by atoms with Gasteiger partial charge in [-0.1, -0.05) is 7.43 Å². The first kappa shape index (κ1) is 10.3. The summed E-state index contributed by atoms with van der Waals surface area (Å²) >= 11 is 0. The normalized spacial score (nSPS) is 6.75. The molecule has 0 N–H and O–H groups in total. The molecule has 0 aromatic rings. The minimum absolute atomic E-state index is 0. The first-order valence-corrected chi connectivity index (χ1v) is 2.02. The molecule has 3 heteroatoms. The van der Waals surface area contributed by atoms with E-state index in [9.17, 15) is 4.79 Å². The van der Waals surface area contributed by atoms with E-state index in [0.717, 1.165) is 0 Å². The van der Waals surface area contributed by atoms with Crippen molar-refractivity contribution in [2.24, 2.45) is 0 Å². The van der Waals surface area contributed by atoms with Crippen LogP contribution in [0.2, 0.25) is 0 Å². The van der Waals surface area contributed by atoms with Gasteiger partial charge in [0.2, 0.25) is 0 Å². The van der Waals surface area contributed by atoms with Gasteiger partial charge in [-0.3, -0.25) is 0 Å². The lowest BCUT2D eigenvalue weighted by Crippen LogP contribution is -2.02. The number of methoxy groups -OCH3 is 1. The lowest BCUT2D eigenvalue weighted by Gasteiger charge is -1.94. The molecule has 0 bridgehead atoms. The Bertz CT molecular complexity index is 60.7. The largest absolute Gasteiger partial charge is 0.507 e. The van der Waals surface area contributed by atoms with E-state index in [0.29, 0.717) is 6.61 Å². The molecular weight excluding hydrogens is 108 g/mol. The Labute approximate surface area is 49.6 Å². The predicted octanol–water partition coefficient (Wildman–Crippen LogP) is 1.43. The van der Waals surface area contributed by atoms with Gasteiger partial charge in [-0.15, -0.1) is 0 Å². The fourth-order valence-electron chi connectivity index (χ4n) is 0.177. The molecule has 0 fully saturated rings. The lowest BCUT2D eigenvalue weighted by molar-refractivity contribution is 0.0771. The average Bonchev–Trinajstić information content (AvgIpc) is 1.68. The molecule has 0 amide bonds. The van der Waals surface area contributed by atoms with Crippen LogP contribution in [0.25, 0.3) is 0 Å². The summed E-state index contributed by atoms with van der Waals surface area (Å²) < 4.78 is 8.46. The number of carbonyl (C=O) groups is 1. The third-order valence-electron chi connectivity index (χ3n) is 0.429. The summed E-state index contributed by atoms with van der Waals surface area (Å²) in [6, 6.07) is 0. The Morgan fingerprint density at radius 2 is 2.12 bits per heavy atom. The highest BCUT2D eigenvalue weighted by Gasteiger charge is 1.92. The molecule has 0 atom stereocenters. The Balaban J connectivity index is 0. The summed E-state index contributed by atoms with van der Waals surface area (Å²) in [6.07, 6.45) is -0.623. The van der Waals surface area contributed by atoms with Crippen molar-refractivity contribution in [3.63, 3.8) is 0 Å². The lowest BCUT2D eigenvalue weighted by atomic mass is 10.9. The highest BCUT2D eigenvalue weighted by atomic mass is 16.7. The average molecular weight is 120 g/mol. The highest BCUT2D eigenvalue weighted by Crippen LogP contribution is 1.77. The second kappa shape index (κ2) is 6.27. The van der Waals surface area contributed by atoms with Gasteiger partial charge in [-0.25, -0.2) is 4.79 Å². The summed E-state index contributed by atoms with van der Waals surface area (Å²) in [7, 11) is 1.28. The van der Waals surface area contributed by atoms with Crippen molar-refractivity contribution in [1.82, 2.24) is 0 Å². The minimum atomic E-state index is -0.623. The van der Waals surface area contributed by atoms with Crippen LogP contribution < -0.4 is 0 Å². The molecule has 0 unspecified atom stereocenters. The predicted molar refractivity (Wildman–Crippen MR) is 30.8 cm³/mol. The Morgan fingerprint density at radius 1 is 1.62 bits per heavy atom. The van der Waals surface area contributed by atoms with Crippen LogP contribution in [0.15, 0.2) is 0 Å². The molecule has 0 aliphatic carbocycles. The van der Waals surface area contributed by atoms with Crippen LogP contribution in [0, 0.1) is 0 Å². The molecule has 50 valence electrons. The molecule has 0 aromatic heterocycles. The number of ether oxygens (including phenoxy) is 2. The van der Waals surface area contributed by atoms with Gasteiger partial charge < -0.3 is 9.47 Å². The first-order chi connectivity index (χ1) is 3.31. The van der Waals surface area contributed by atoms with Gasteiger partial charge in [0.25, 0.3) is 0 Å². The fourth-order valence-corrected chi connectivity index (χ4v) is 0.177. The van der Waals surface area contributed by atoms with Crippen LogP contribution in [0.3, 0.4) is 0 Å². The molecule has 0 saturated carbocycles. The van der Waals surface area contributed by atoms with E-state index >= 15 is 0 Å². The zero-order valence-corrected chi connectivity index (χ0v) is 4.43. The monoisotopic (exact) mass is 120 g/mol. The van der Waals surface area contributed by atoms with Crippen LogP contribution in [0.4, 0.5) is 4.79 Å². The zero-order valence-electron chi connectivity index (χ0n) is 4.43. The number of hydrogen-bond acceptors (Lipinski definition) is 3. The topological polar surface area (TPSA) is 35.5 Å². The van der Waals surface area contributed by atoms with E-state index in [4.69, 9.17) is 0 Å². The Kier molecular flexibility index (Phi) is 8.07. The SMILES string of the molecule is C.CCOC(=O)OC. The summed E-state index contributed by atoms with van der Waals surface area (Å²) in [6.45, 7) is 2.09. The second-order valence-corrected chi connectivity index (χ2v) is 0.887. The van der Waals surface area contributed by atoms with Gasteiger partial charge in [0.05, 0.1) is 13.7 Å². The fraction of sp³-hybridized carbons (Fsp3) is 0.800. The third-order valence-corrected chi connectivity index (χ3v) is 0.429. The molecule has 0 aromatic carbocycles. The summed E-state index contributed by atoms with van der Waals surface area (Å²) in [5.41, 5.74) is 0. The van der Waals surface area contributed by atoms with Crippen molar-refractivity contribution in [2.45, 2.75) is 14.4 Å². The molecule has 0 radical (unpaired) electrons. The van der Waals surface area contributed by atoms with Crippen molar-refractivity contribution in [3.8, 4) is 0 Å². The van der Waals surface area contributed by atoms with Crippen molar-refractivity contribution in [1.29, 1.82) is 0 Å². The van der Waals surface area contributed by atoms with E-state index in [1.54, 1.807) is 6.92 Å². The smallest absolute Gasteiger partial charge is 0.438 e. The van der Waals surface area contributed by atoms with Crippen molar-refractivity contribution in [2.75, 3.05) is 13.7 Å². The van der Waals surface area contributed by atoms with Crippen molar-refractivity contribution in [3.05, 3.63) is 0 Å². The number of rotatable bonds is 1. The maximum absolute atomic E-state index is 9.97. The maximum Gasteiger partial charge on any atom is 0.507 e. The third kappa shape index (κ3) is 5.27. The van der Waals surface area contributed by atoms with E-state index in [1.807, 2.05) is 0 Å². The van der Waals surface area contributed by atoms with Crippen molar-refractivity contribution < 1.29 is 14.3 Å². The molecule has 8 heavy (non-hydrogen) atoms. The van der Waals surface area contributed by atoms with Gasteiger partial charge in [0, 0.05) is 0 Å². The van der Waals surface area contributed by atoms with Crippen LogP contribution in [0.5, 0.6) is 0 Å². The first-order valence-electron chi connectivity index (χ1n) is 2.02. The van der Waals surface area contributed by atoms with Gasteiger partial charge in [0.1, 0.15) is 0 Å². The zero-order chi connectivity index (χ0) is 5.70. The van der Waals surface area contributed by atoms with Gasteiger partial charge in [-0.2, -0.15) is 0 Å². The van der Waals surface area contributed by atoms with E-state index in [-0.39, 0.29) is 7.43 Å². The highest BCUT2D eigenvalue weighted by molar-refractivity contribution is 5.59. The molecule has 0 aliphatic heterocycles. The maximum atomic E-state index is 9.97. The second-order valence-electron chi connectivity index (χ2n) is 0.887. The molecule has 3 nitrogen and oxygen atoms in total. The van der Waals surface area contributed by atoms with Gasteiger partial charge in [0.15, 0.2) is 0 Å². The van der Waals surface area contributed by atoms with E-state index < -0.39 is 6.16 Å². The van der Waals surface area contributed by atoms with E-state index in [2.05, 4.69) is 9.47 Å². The molecule has 0 saturated heterocycles.